The number of rotatable bonds is 10. The molecule has 3 heterocycles. The van der Waals surface area contributed by atoms with Gasteiger partial charge in [0, 0.05) is 29.8 Å². The molecule has 0 fully saturated rings. The predicted octanol–water partition coefficient (Wildman–Crippen LogP) is 6.94. The lowest BCUT2D eigenvalue weighted by Gasteiger charge is -2.24. The summed E-state index contributed by atoms with van der Waals surface area (Å²) >= 11 is 12.9. The molecule has 4 N–H and O–H groups in total. The monoisotopic (exact) mass is 818 g/mol. The van der Waals surface area contributed by atoms with Gasteiger partial charge in [-0.25, -0.2) is 22.2 Å². The molecule has 0 spiro atoms. The van der Waals surface area contributed by atoms with E-state index in [2.05, 4.69) is 31.8 Å². The minimum atomic E-state index is -5.13. The van der Waals surface area contributed by atoms with E-state index >= 15 is 8.78 Å². The SMILES string of the molecule is C=CC1Cc2c(C(F)(F)F)nn(CC(=O)NC(Cc3cc(F)cc(F)c3)c3nc(Cl)c(N)cc3-c3ccc(Cl)c4c(NS(C)(=O)=O)nn(C)c34)c2C1(F)F. The number of nitrogens with zero attached hydrogens (tertiary/aromatic N) is 5. The summed E-state index contributed by atoms with van der Waals surface area (Å²) in [4.78, 5) is 18.1. The van der Waals surface area contributed by atoms with E-state index in [0.29, 0.717) is 6.07 Å². The molecule has 0 aliphatic heterocycles. The van der Waals surface area contributed by atoms with Gasteiger partial charge < -0.3 is 11.1 Å². The van der Waals surface area contributed by atoms with E-state index in [4.69, 9.17) is 28.9 Å². The molecule has 0 bridgehead atoms. The number of hydrogen-bond donors (Lipinski definition) is 3. The number of benzene rings is 2. The number of nitrogen functional groups attached to an aromatic ring is 1. The van der Waals surface area contributed by atoms with E-state index in [9.17, 15) is 35.2 Å². The number of nitrogens with two attached hydrogens (primary N) is 1. The molecule has 0 saturated heterocycles. The summed E-state index contributed by atoms with van der Waals surface area (Å²) in [6.45, 7) is 2.17. The first-order valence-corrected chi connectivity index (χ1v) is 18.2. The van der Waals surface area contributed by atoms with Crippen LogP contribution >= 0.6 is 23.2 Å². The lowest BCUT2D eigenvalue weighted by atomic mass is 9.94. The summed E-state index contributed by atoms with van der Waals surface area (Å²) in [5.41, 5.74) is 3.08. The number of alkyl halides is 5. The second-order valence-corrected chi connectivity index (χ2v) is 15.1. The molecule has 6 rings (SSSR count). The maximum atomic E-state index is 15.4. The summed E-state index contributed by atoms with van der Waals surface area (Å²) in [5, 5.41) is 10.1. The number of amides is 1. The molecule has 0 radical (unpaired) electrons. The Kier molecular flexibility index (Phi) is 9.89. The van der Waals surface area contributed by atoms with E-state index < -0.39 is 88.0 Å². The first kappa shape index (κ1) is 38.8. The van der Waals surface area contributed by atoms with Gasteiger partial charge in [-0.3, -0.25) is 18.9 Å². The third kappa shape index (κ3) is 7.31. The fourth-order valence-corrected chi connectivity index (χ4v) is 7.44. The van der Waals surface area contributed by atoms with Crippen molar-refractivity contribution in [2.24, 2.45) is 13.0 Å². The quantitative estimate of drug-likeness (QED) is 0.0786. The highest BCUT2D eigenvalue weighted by Crippen LogP contribution is 2.50. The van der Waals surface area contributed by atoms with E-state index in [1.807, 2.05) is 0 Å². The van der Waals surface area contributed by atoms with Gasteiger partial charge in [0.2, 0.25) is 15.9 Å². The largest absolute Gasteiger partial charge is 0.435 e. The molecule has 1 aliphatic carbocycles. The Bertz CT molecular complexity index is 2450. The second kappa shape index (κ2) is 13.8. The van der Waals surface area contributed by atoms with Crippen molar-refractivity contribution >= 4 is 61.5 Å². The highest BCUT2D eigenvalue weighted by Gasteiger charge is 2.55. The lowest BCUT2D eigenvalue weighted by Crippen LogP contribution is -2.35. The van der Waals surface area contributed by atoms with Gasteiger partial charge >= 0.3 is 6.18 Å². The molecule has 3 aromatic heterocycles. The zero-order valence-electron chi connectivity index (χ0n) is 27.9. The van der Waals surface area contributed by atoms with Crippen LogP contribution in [0.2, 0.25) is 10.2 Å². The van der Waals surface area contributed by atoms with Crippen LogP contribution in [-0.4, -0.2) is 45.1 Å². The van der Waals surface area contributed by atoms with Gasteiger partial charge in [0.25, 0.3) is 5.92 Å². The molecule has 11 nitrogen and oxygen atoms in total. The van der Waals surface area contributed by atoms with E-state index in [0.717, 1.165) is 24.5 Å². The van der Waals surface area contributed by atoms with Gasteiger partial charge in [0.05, 0.1) is 45.5 Å². The van der Waals surface area contributed by atoms with Crippen LogP contribution in [0.4, 0.5) is 42.2 Å². The maximum Gasteiger partial charge on any atom is 0.435 e. The number of carbonyl (C=O) groups excluding carboxylic acids is 1. The number of nitrogens with one attached hydrogen (secondary N) is 2. The number of sulfonamides is 1. The summed E-state index contributed by atoms with van der Waals surface area (Å²) in [7, 11) is -2.38. The van der Waals surface area contributed by atoms with Crippen molar-refractivity contribution in [3.63, 3.8) is 0 Å². The molecule has 286 valence electrons. The van der Waals surface area contributed by atoms with Crippen LogP contribution in [-0.2, 0) is 53.4 Å². The fraction of sp³-hybridized carbons (Fsp3) is 0.273. The Labute approximate surface area is 312 Å². The van der Waals surface area contributed by atoms with Crippen LogP contribution in [0.3, 0.4) is 0 Å². The highest BCUT2D eigenvalue weighted by molar-refractivity contribution is 7.92. The summed E-state index contributed by atoms with van der Waals surface area (Å²) < 4.78 is 130. The first-order valence-electron chi connectivity index (χ1n) is 15.6. The lowest BCUT2D eigenvalue weighted by molar-refractivity contribution is -0.142. The van der Waals surface area contributed by atoms with E-state index in [1.165, 1.54) is 29.9 Å². The van der Waals surface area contributed by atoms with Crippen LogP contribution < -0.4 is 15.8 Å². The van der Waals surface area contributed by atoms with Crippen LogP contribution in [0.5, 0.6) is 0 Å². The summed E-state index contributed by atoms with van der Waals surface area (Å²) in [6, 6.07) is 5.34. The van der Waals surface area contributed by atoms with Crippen LogP contribution in [0.15, 0.2) is 49.1 Å². The van der Waals surface area contributed by atoms with E-state index in [1.54, 1.807) is 0 Å². The number of halogens is 9. The van der Waals surface area contributed by atoms with Crippen molar-refractivity contribution in [1.29, 1.82) is 0 Å². The van der Waals surface area contributed by atoms with Gasteiger partial charge in [0.1, 0.15) is 23.9 Å². The molecule has 21 heteroatoms. The number of hydrogen-bond acceptors (Lipinski definition) is 7. The molecule has 54 heavy (non-hydrogen) atoms. The van der Waals surface area contributed by atoms with E-state index in [-0.39, 0.29) is 59.7 Å². The average molecular weight is 820 g/mol. The predicted molar refractivity (Wildman–Crippen MR) is 186 cm³/mol. The molecule has 1 aliphatic rings. The molecule has 5 aromatic rings. The smallest absolute Gasteiger partial charge is 0.396 e. The second-order valence-electron chi connectivity index (χ2n) is 12.6. The zero-order valence-corrected chi connectivity index (χ0v) is 30.2. The van der Waals surface area contributed by atoms with Gasteiger partial charge in [-0.2, -0.15) is 32.1 Å². The number of pyridine rings is 1. The Morgan fingerprint density at radius 1 is 1.13 bits per heavy atom. The number of allylic oxidation sites excluding steroid dienone is 1. The molecular formula is C33H27Cl2F7N8O3S. The topological polar surface area (TPSA) is 150 Å². The fourth-order valence-electron chi connectivity index (χ4n) is 6.56. The Hall–Kier alpha value is -4.88. The zero-order chi connectivity index (χ0) is 39.7. The van der Waals surface area contributed by atoms with Crippen molar-refractivity contribution in [1.82, 2.24) is 29.9 Å². The number of carbonyl (C=O) groups is 1. The van der Waals surface area contributed by atoms with Crippen molar-refractivity contribution in [3.05, 3.63) is 99.1 Å². The maximum absolute atomic E-state index is 15.4. The Morgan fingerprint density at radius 3 is 2.41 bits per heavy atom. The van der Waals surface area contributed by atoms with Crippen molar-refractivity contribution < 1.29 is 43.9 Å². The third-order valence-electron chi connectivity index (χ3n) is 8.67. The van der Waals surface area contributed by atoms with Crippen molar-refractivity contribution in [2.75, 3.05) is 16.7 Å². The van der Waals surface area contributed by atoms with Crippen LogP contribution in [0, 0.1) is 17.6 Å². The number of aryl methyl sites for hydroxylation is 1. The van der Waals surface area contributed by atoms with Gasteiger partial charge in [-0.05, 0) is 42.7 Å². The minimum Gasteiger partial charge on any atom is -0.396 e. The molecule has 2 aromatic carbocycles. The molecule has 2 unspecified atom stereocenters. The standard InChI is InChI=1S/C33H27Cl2F7N8O3S/c1-4-15-10-20-28(33(40,41)42)46-50(29(20)32(15,38)39)13-24(51)44-23(9-14-7-16(36)11-17(37)8-14)26-19(12-22(43)30(35)45-26)18-5-6-21(34)25-27(18)49(2)47-31(25)48-54(3,52)53/h4-8,11-12,15,23H,1,9-10,13,43H2,2-3H3,(H,44,51)(H,47,48). The third-order valence-corrected chi connectivity index (χ3v) is 9.85. The average Bonchev–Trinajstić information content (AvgIpc) is 3.65. The molecular weight excluding hydrogens is 792 g/mol. The van der Waals surface area contributed by atoms with Gasteiger partial charge in [-0.1, -0.05) is 35.3 Å². The van der Waals surface area contributed by atoms with Crippen molar-refractivity contribution in [2.45, 2.75) is 37.5 Å². The normalized spacial score (nSPS) is 16.0. The van der Waals surface area contributed by atoms with Crippen LogP contribution in [0.25, 0.3) is 22.0 Å². The van der Waals surface area contributed by atoms with Gasteiger partial charge in [0.15, 0.2) is 16.7 Å². The number of anilines is 2. The Balaban J connectivity index is 1.50. The first-order chi connectivity index (χ1) is 25.1. The molecule has 0 saturated carbocycles. The summed E-state index contributed by atoms with van der Waals surface area (Å²) in [6.07, 6.45) is -4.56. The Morgan fingerprint density at radius 2 is 1.80 bits per heavy atom. The minimum absolute atomic E-state index is 0.0281. The molecule has 1 amide bonds. The summed E-state index contributed by atoms with van der Waals surface area (Å²) in [5.74, 6) is -8.81. The van der Waals surface area contributed by atoms with Crippen molar-refractivity contribution in [3.8, 4) is 11.1 Å². The number of fused-ring (bicyclic) bond motifs is 2. The highest BCUT2D eigenvalue weighted by atomic mass is 35.5. The molecule has 2 atom stereocenters. The number of aromatic nitrogens is 5. The van der Waals surface area contributed by atoms with Crippen LogP contribution in [0.1, 0.15) is 34.3 Å². The van der Waals surface area contributed by atoms with Gasteiger partial charge in [-0.15, -0.1) is 6.58 Å².